The largest absolute Gasteiger partial charge is 0.369 e. The van der Waals surface area contributed by atoms with Crippen LogP contribution in [0.5, 0.6) is 0 Å². The third-order valence-electron chi connectivity index (χ3n) is 5.58. The number of aryl methyl sites for hydroxylation is 2. The fraction of sp³-hybridized carbons (Fsp3) is 0.550. The molecule has 27 heavy (non-hydrogen) atoms. The van der Waals surface area contributed by atoms with Gasteiger partial charge in [-0.3, -0.25) is 14.8 Å². The molecule has 2 aliphatic rings. The minimum Gasteiger partial charge on any atom is -0.369 e. The summed E-state index contributed by atoms with van der Waals surface area (Å²) in [5.74, 6) is 1.75. The van der Waals surface area contributed by atoms with Crippen LogP contribution in [0, 0.1) is 13.8 Å². The van der Waals surface area contributed by atoms with Crippen molar-refractivity contribution in [2.75, 3.05) is 44.2 Å². The van der Waals surface area contributed by atoms with Crippen LogP contribution in [0.1, 0.15) is 36.1 Å². The first kappa shape index (κ1) is 18.0. The molecule has 3 heterocycles. The van der Waals surface area contributed by atoms with E-state index in [-0.39, 0.29) is 11.9 Å². The number of anilines is 1. The van der Waals surface area contributed by atoms with Crippen LogP contribution < -0.4 is 4.90 Å². The van der Waals surface area contributed by atoms with Crippen LogP contribution in [0.2, 0.25) is 0 Å². The van der Waals surface area contributed by atoms with E-state index in [1.165, 1.54) is 11.3 Å². The first-order valence-corrected chi connectivity index (χ1v) is 9.82. The van der Waals surface area contributed by atoms with E-state index in [1.54, 1.807) is 0 Å². The van der Waals surface area contributed by atoms with E-state index in [0.717, 1.165) is 57.2 Å². The van der Waals surface area contributed by atoms with Crippen LogP contribution in [0.4, 0.5) is 5.69 Å². The Bertz CT molecular complexity index is 795. The number of carbonyl (C=O) groups excluding carboxylic acids is 1. The average molecular weight is 368 g/mol. The monoisotopic (exact) mass is 368 g/mol. The van der Waals surface area contributed by atoms with E-state index < -0.39 is 0 Å². The summed E-state index contributed by atoms with van der Waals surface area (Å²) in [5, 5.41) is 7.17. The van der Waals surface area contributed by atoms with Gasteiger partial charge in [0.15, 0.2) is 5.82 Å². The number of rotatable bonds is 4. The summed E-state index contributed by atoms with van der Waals surface area (Å²) >= 11 is 0. The molecule has 1 atom stereocenters. The molecular weight excluding hydrogens is 340 g/mol. The van der Waals surface area contributed by atoms with Gasteiger partial charge in [-0.25, -0.2) is 4.98 Å². The molecule has 144 valence electrons. The Kier molecular flexibility index (Phi) is 5.11. The fourth-order valence-corrected chi connectivity index (χ4v) is 4.11. The number of carbonyl (C=O) groups is 1. The number of hydrogen-bond donors (Lipinski definition) is 1. The SMILES string of the molecule is Cc1cccc(N2CCN(CC(=O)N3CCC[C@H]3c3n[nH]c(C)n3)CC2)c1. The number of piperazine rings is 1. The van der Waals surface area contributed by atoms with Crippen LogP contribution >= 0.6 is 0 Å². The third kappa shape index (κ3) is 3.98. The molecule has 1 aromatic heterocycles. The number of aromatic nitrogens is 3. The molecule has 0 aliphatic carbocycles. The molecule has 1 N–H and O–H groups in total. The van der Waals surface area contributed by atoms with Gasteiger partial charge < -0.3 is 9.80 Å². The Labute approximate surface area is 160 Å². The molecule has 2 aliphatic heterocycles. The quantitative estimate of drug-likeness (QED) is 0.893. The lowest BCUT2D eigenvalue weighted by atomic mass is 10.2. The van der Waals surface area contributed by atoms with Crippen molar-refractivity contribution in [3.63, 3.8) is 0 Å². The van der Waals surface area contributed by atoms with E-state index in [1.807, 2.05) is 11.8 Å². The standard InChI is InChI=1S/C20H28N6O/c1-15-5-3-6-17(13-15)25-11-9-24(10-12-25)14-19(27)26-8-4-7-18(26)20-21-16(2)22-23-20/h3,5-6,13,18H,4,7-12,14H2,1-2H3,(H,21,22,23)/t18-/m0/s1. The maximum Gasteiger partial charge on any atom is 0.237 e. The molecule has 0 unspecified atom stereocenters. The summed E-state index contributed by atoms with van der Waals surface area (Å²) in [4.78, 5) is 24.0. The predicted octanol–water partition coefficient (Wildman–Crippen LogP) is 1.91. The van der Waals surface area contributed by atoms with Gasteiger partial charge in [-0.15, -0.1) is 0 Å². The van der Waals surface area contributed by atoms with Gasteiger partial charge in [0, 0.05) is 38.4 Å². The van der Waals surface area contributed by atoms with Gasteiger partial charge in [-0.2, -0.15) is 5.10 Å². The summed E-state index contributed by atoms with van der Waals surface area (Å²) in [5.41, 5.74) is 2.56. The summed E-state index contributed by atoms with van der Waals surface area (Å²) in [6.07, 6.45) is 1.97. The molecule has 1 amide bonds. The molecule has 7 nitrogen and oxygen atoms in total. The van der Waals surface area contributed by atoms with Crippen molar-refractivity contribution < 1.29 is 4.79 Å². The van der Waals surface area contributed by atoms with Crippen LogP contribution in [0.25, 0.3) is 0 Å². The van der Waals surface area contributed by atoms with Crippen molar-refractivity contribution in [1.82, 2.24) is 25.0 Å². The smallest absolute Gasteiger partial charge is 0.237 e. The Balaban J connectivity index is 1.33. The topological polar surface area (TPSA) is 68.4 Å². The summed E-state index contributed by atoms with van der Waals surface area (Å²) in [6, 6.07) is 8.66. The molecule has 7 heteroatoms. The second kappa shape index (κ2) is 7.68. The second-order valence-corrected chi connectivity index (χ2v) is 7.63. The Morgan fingerprint density at radius 1 is 1.19 bits per heavy atom. The van der Waals surface area contributed by atoms with Crippen molar-refractivity contribution in [3.8, 4) is 0 Å². The van der Waals surface area contributed by atoms with E-state index in [4.69, 9.17) is 0 Å². The molecular formula is C20H28N6O. The zero-order valence-electron chi connectivity index (χ0n) is 16.2. The van der Waals surface area contributed by atoms with Gasteiger partial charge >= 0.3 is 0 Å². The average Bonchev–Trinajstić information content (AvgIpc) is 3.31. The lowest BCUT2D eigenvalue weighted by Crippen LogP contribution is -2.50. The van der Waals surface area contributed by atoms with Gasteiger partial charge in [0.05, 0.1) is 12.6 Å². The second-order valence-electron chi connectivity index (χ2n) is 7.63. The molecule has 2 fully saturated rings. The maximum absolute atomic E-state index is 12.9. The Morgan fingerprint density at radius 3 is 2.70 bits per heavy atom. The number of H-pyrrole nitrogens is 1. The van der Waals surface area contributed by atoms with Gasteiger partial charge in [0.25, 0.3) is 0 Å². The first-order valence-electron chi connectivity index (χ1n) is 9.82. The minimum absolute atomic E-state index is 0.0241. The number of amides is 1. The molecule has 2 saturated heterocycles. The van der Waals surface area contributed by atoms with Crippen LogP contribution in [0.15, 0.2) is 24.3 Å². The highest BCUT2D eigenvalue weighted by molar-refractivity contribution is 5.79. The first-order chi connectivity index (χ1) is 13.1. The molecule has 2 aromatic rings. The van der Waals surface area contributed by atoms with Gasteiger partial charge in [0.2, 0.25) is 5.91 Å². The molecule has 4 rings (SSSR count). The van der Waals surface area contributed by atoms with E-state index in [9.17, 15) is 4.79 Å². The maximum atomic E-state index is 12.9. The van der Waals surface area contributed by atoms with Crippen LogP contribution in [-0.2, 0) is 4.79 Å². The summed E-state index contributed by atoms with van der Waals surface area (Å²) < 4.78 is 0. The molecule has 0 radical (unpaired) electrons. The Morgan fingerprint density at radius 2 is 2.00 bits per heavy atom. The minimum atomic E-state index is 0.0241. The lowest BCUT2D eigenvalue weighted by Gasteiger charge is -2.36. The number of aromatic amines is 1. The number of benzene rings is 1. The van der Waals surface area contributed by atoms with E-state index in [2.05, 4.69) is 56.2 Å². The fourth-order valence-electron chi connectivity index (χ4n) is 4.11. The zero-order chi connectivity index (χ0) is 18.8. The number of hydrogen-bond acceptors (Lipinski definition) is 5. The van der Waals surface area contributed by atoms with E-state index >= 15 is 0 Å². The van der Waals surface area contributed by atoms with Crippen molar-refractivity contribution in [1.29, 1.82) is 0 Å². The van der Waals surface area contributed by atoms with Gasteiger partial charge in [0.1, 0.15) is 5.82 Å². The summed E-state index contributed by atoms with van der Waals surface area (Å²) in [7, 11) is 0. The van der Waals surface area contributed by atoms with Crippen molar-refractivity contribution in [3.05, 3.63) is 41.5 Å². The highest BCUT2D eigenvalue weighted by Gasteiger charge is 2.33. The van der Waals surface area contributed by atoms with E-state index in [0.29, 0.717) is 6.54 Å². The zero-order valence-corrected chi connectivity index (χ0v) is 16.2. The number of likely N-dealkylation sites (tertiary alicyclic amines) is 1. The van der Waals surface area contributed by atoms with Crippen molar-refractivity contribution >= 4 is 11.6 Å². The number of nitrogens with one attached hydrogen (secondary N) is 1. The highest BCUT2D eigenvalue weighted by Crippen LogP contribution is 2.30. The molecule has 1 aromatic carbocycles. The normalized spacial score (nSPS) is 21.0. The molecule has 0 spiro atoms. The van der Waals surface area contributed by atoms with Gasteiger partial charge in [-0.05, 0) is 44.4 Å². The van der Waals surface area contributed by atoms with Crippen LogP contribution in [0.3, 0.4) is 0 Å². The number of nitrogens with zero attached hydrogens (tertiary/aromatic N) is 5. The predicted molar refractivity (Wildman–Crippen MR) is 105 cm³/mol. The molecule has 0 bridgehead atoms. The van der Waals surface area contributed by atoms with Crippen LogP contribution in [-0.4, -0.2) is 70.2 Å². The van der Waals surface area contributed by atoms with Crippen molar-refractivity contribution in [2.24, 2.45) is 0 Å². The van der Waals surface area contributed by atoms with Crippen molar-refractivity contribution in [2.45, 2.75) is 32.7 Å². The Hall–Kier alpha value is -2.41. The van der Waals surface area contributed by atoms with Gasteiger partial charge in [-0.1, -0.05) is 12.1 Å². The molecule has 0 saturated carbocycles. The lowest BCUT2D eigenvalue weighted by molar-refractivity contribution is -0.133. The third-order valence-corrected chi connectivity index (χ3v) is 5.58. The summed E-state index contributed by atoms with van der Waals surface area (Å²) in [6.45, 7) is 9.06. The highest BCUT2D eigenvalue weighted by atomic mass is 16.2.